The van der Waals surface area contributed by atoms with E-state index in [1.54, 1.807) is 7.11 Å². The Morgan fingerprint density at radius 2 is 2.03 bits per heavy atom. The van der Waals surface area contributed by atoms with E-state index in [-0.39, 0.29) is 5.56 Å². The molecule has 6 nitrogen and oxygen atoms in total. The number of pyridine rings is 1. The summed E-state index contributed by atoms with van der Waals surface area (Å²) in [5.74, 6) is 2.10. The maximum Gasteiger partial charge on any atom is 0.255 e. The number of rotatable bonds is 4. The highest BCUT2D eigenvalue weighted by Crippen LogP contribution is 2.31. The van der Waals surface area contributed by atoms with Crippen LogP contribution < -0.4 is 10.3 Å². The zero-order valence-electron chi connectivity index (χ0n) is 17.8. The second-order valence-corrected chi connectivity index (χ2v) is 9.03. The summed E-state index contributed by atoms with van der Waals surface area (Å²) in [6.45, 7) is 2.07. The molecule has 3 heterocycles. The number of benzene rings is 1. The van der Waals surface area contributed by atoms with Crippen LogP contribution in [0.1, 0.15) is 60.7 Å². The van der Waals surface area contributed by atoms with Crippen molar-refractivity contribution in [3.05, 3.63) is 62.4 Å². The van der Waals surface area contributed by atoms with Gasteiger partial charge in [-0.05, 0) is 37.1 Å². The van der Waals surface area contributed by atoms with E-state index < -0.39 is 0 Å². The molecular formula is C24H27ClN4O2. The van der Waals surface area contributed by atoms with Gasteiger partial charge >= 0.3 is 0 Å². The van der Waals surface area contributed by atoms with E-state index in [9.17, 15) is 4.79 Å². The SMILES string of the molecule is COc1ccc2nc(Cl)c(CN3CCc4nc(C5CCCCC5)[nH]c(=O)c4C3)cc2c1. The van der Waals surface area contributed by atoms with E-state index in [2.05, 4.69) is 20.9 Å². The highest BCUT2D eigenvalue weighted by molar-refractivity contribution is 6.30. The number of fused-ring (bicyclic) bond motifs is 2. The first-order valence-electron chi connectivity index (χ1n) is 11.1. The average Bonchev–Trinajstić information content (AvgIpc) is 2.80. The lowest BCUT2D eigenvalue weighted by atomic mass is 9.88. The first-order chi connectivity index (χ1) is 15.1. The second kappa shape index (κ2) is 8.60. The summed E-state index contributed by atoms with van der Waals surface area (Å²) in [6, 6.07) is 7.83. The summed E-state index contributed by atoms with van der Waals surface area (Å²) in [5, 5.41) is 1.50. The standard InChI is InChI=1S/C24H27ClN4O2/c1-31-18-7-8-20-16(12-18)11-17(22(25)26-20)13-29-10-9-21-19(14-29)24(30)28-23(27-21)15-5-3-2-4-6-15/h7-8,11-12,15H,2-6,9-10,13-14H2,1H3,(H,27,28,30). The number of methoxy groups -OCH3 is 1. The third kappa shape index (κ3) is 4.19. The number of hydrogen-bond acceptors (Lipinski definition) is 5. The largest absolute Gasteiger partial charge is 0.497 e. The van der Waals surface area contributed by atoms with Crippen LogP contribution in [-0.4, -0.2) is 33.5 Å². The van der Waals surface area contributed by atoms with Crippen LogP contribution in [0.4, 0.5) is 0 Å². The van der Waals surface area contributed by atoms with E-state index in [0.717, 1.165) is 65.1 Å². The van der Waals surface area contributed by atoms with Gasteiger partial charge in [0.1, 0.15) is 16.7 Å². The van der Waals surface area contributed by atoms with Gasteiger partial charge in [-0.2, -0.15) is 0 Å². The molecule has 5 rings (SSSR count). The van der Waals surface area contributed by atoms with E-state index in [0.29, 0.717) is 24.2 Å². The highest BCUT2D eigenvalue weighted by Gasteiger charge is 2.25. The maximum absolute atomic E-state index is 12.9. The smallest absolute Gasteiger partial charge is 0.255 e. The Morgan fingerprint density at radius 1 is 1.19 bits per heavy atom. The predicted molar refractivity (Wildman–Crippen MR) is 122 cm³/mol. The minimum absolute atomic E-state index is 0.0164. The van der Waals surface area contributed by atoms with E-state index in [1.165, 1.54) is 19.3 Å². The third-order valence-corrected chi connectivity index (χ3v) is 6.93. The topological polar surface area (TPSA) is 71.1 Å². The molecule has 1 aliphatic carbocycles. The summed E-state index contributed by atoms with van der Waals surface area (Å²) >= 11 is 6.49. The molecule has 162 valence electrons. The Morgan fingerprint density at radius 3 is 2.84 bits per heavy atom. The molecule has 31 heavy (non-hydrogen) atoms. The van der Waals surface area contributed by atoms with Crippen molar-refractivity contribution in [2.45, 2.75) is 57.5 Å². The molecule has 1 fully saturated rings. The fourth-order valence-electron chi connectivity index (χ4n) is 4.86. The zero-order chi connectivity index (χ0) is 21.4. The molecule has 0 unspecified atom stereocenters. The fraction of sp³-hybridized carbons (Fsp3) is 0.458. The first kappa shape index (κ1) is 20.5. The monoisotopic (exact) mass is 438 g/mol. The number of ether oxygens (including phenoxy) is 1. The summed E-state index contributed by atoms with van der Waals surface area (Å²) in [5.41, 5.74) is 3.57. The predicted octanol–water partition coefficient (Wildman–Crippen LogP) is 4.59. The molecule has 1 saturated carbocycles. The van der Waals surface area contributed by atoms with Crippen molar-refractivity contribution < 1.29 is 4.74 Å². The van der Waals surface area contributed by atoms with Gasteiger partial charge in [0.15, 0.2) is 0 Å². The number of aromatic amines is 1. The lowest BCUT2D eigenvalue weighted by molar-refractivity contribution is 0.241. The van der Waals surface area contributed by atoms with Crippen LogP contribution >= 0.6 is 11.6 Å². The number of hydrogen-bond donors (Lipinski definition) is 1. The van der Waals surface area contributed by atoms with Crippen molar-refractivity contribution in [2.24, 2.45) is 0 Å². The summed E-state index contributed by atoms with van der Waals surface area (Å²) in [6.07, 6.45) is 6.79. The molecule has 1 N–H and O–H groups in total. The molecule has 2 aliphatic rings. The van der Waals surface area contributed by atoms with Crippen LogP contribution in [0, 0.1) is 0 Å². The molecule has 0 saturated heterocycles. The first-order valence-corrected chi connectivity index (χ1v) is 11.5. The van der Waals surface area contributed by atoms with Crippen LogP contribution in [-0.2, 0) is 19.5 Å². The molecule has 3 aromatic rings. The normalized spacial score (nSPS) is 17.6. The molecule has 0 spiro atoms. The van der Waals surface area contributed by atoms with Crippen molar-refractivity contribution in [2.75, 3.05) is 13.7 Å². The summed E-state index contributed by atoms with van der Waals surface area (Å²) in [7, 11) is 1.65. The quantitative estimate of drug-likeness (QED) is 0.603. The second-order valence-electron chi connectivity index (χ2n) is 8.67. The summed E-state index contributed by atoms with van der Waals surface area (Å²) < 4.78 is 5.33. The molecule has 0 atom stereocenters. The minimum Gasteiger partial charge on any atom is -0.497 e. The van der Waals surface area contributed by atoms with Crippen LogP contribution in [0.3, 0.4) is 0 Å². The Kier molecular flexibility index (Phi) is 5.67. The van der Waals surface area contributed by atoms with E-state index in [1.807, 2.05) is 18.2 Å². The van der Waals surface area contributed by atoms with Gasteiger partial charge in [0.2, 0.25) is 0 Å². The van der Waals surface area contributed by atoms with Gasteiger partial charge in [-0.3, -0.25) is 9.69 Å². The molecule has 1 aliphatic heterocycles. The van der Waals surface area contributed by atoms with E-state index >= 15 is 0 Å². The molecule has 0 radical (unpaired) electrons. The Hall–Kier alpha value is -2.44. The highest BCUT2D eigenvalue weighted by atomic mass is 35.5. The molecule has 0 amide bonds. The minimum atomic E-state index is 0.0164. The number of aromatic nitrogens is 3. The van der Waals surface area contributed by atoms with Crippen molar-refractivity contribution in [3.8, 4) is 5.75 Å². The Bertz CT molecular complexity index is 1170. The van der Waals surface area contributed by atoms with Gasteiger partial charge in [-0.1, -0.05) is 30.9 Å². The number of nitrogens with zero attached hydrogens (tertiary/aromatic N) is 3. The van der Waals surface area contributed by atoms with Crippen LogP contribution in [0.15, 0.2) is 29.1 Å². The van der Waals surface area contributed by atoms with Gasteiger partial charge in [0.25, 0.3) is 5.56 Å². The summed E-state index contributed by atoms with van der Waals surface area (Å²) in [4.78, 5) is 27.6. The van der Waals surface area contributed by atoms with Crippen LogP contribution in [0.5, 0.6) is 5.75 Å². The van der Waals surface area contributed by atoms with Gasteiger partial charge in [-0.15, -0.1) is 0 Å². The lowest BCUT2D eigenvalue weighted by Crippen LogP contribution is -2.36. The lowest BCUT2D eigenvalue weighted by Gasteiger charge is -2.29. The van der Waals surface area contributed by atoms with Gasteiger partial charge in [0, 0.05) is 42.9 Å². The average molecular weight is 439 g/mol. The van der Waals surface area contributed by atoms with E-state index in [4.69, 9.17) is 21.3 Å². The van der Waals surface area contributed by atoms with Crippen molar-refractivity contribution >= 4 is 22.5 Å². The van der Waals surface area contributed by atoms with Crippen molar-refractivity contribution in [1.82, 2.24) is 19.9 Å². The fourth-order valence-corrected chi connectivity index (χ4v) is 5.06. The Balaban J connectivity index is 1.37. The molecule has 2 aromatic heterocycles. The maximum atomic E-state index is 12.9. The number of halogens is 1. The van der Waals surface area contributed by atoms with Crippen LogP contribution in [0.25, 0.3) is 10.9 Å². The van der Waals surface area contributed by atoms with Gasteiger partial charge < -0.3 is 9.72 Å². The number of nitrogens with one attached hydrogen (secondary N) is 1. The number of H-pyrrole nitrogens is 1. The zero-order valence-corrected chi connectivity index (χ0v) is 18.5. The van der Waals surface area contributed by atoms with Crippen LogP contribution in [0.2, 0.25) is 5.15 Å². The molecule has 7 heteroatoms. The molecular weight excluding hydrogens is 412 g/mol. The van der Waals surface area contributed by atoms with Crippen molar-refractivity contribution in [1.29, 1.82) is 0 Å². The molecule has 0 bridgehead atoms. The Labute approximate surface area is 186 Å². The van der Waals surface area contributed by atoms with Crippen molar-refractivity contribution in [3.63, 3.8) is 0 Å². The van der Waals surface area contributed by atoms with Gasteiger partial charge in [-0.25, -0.2) is 9.97 Å². The molecule has 1 aromatic carbocycles. The third-order valence-electron chi connectivity index (χ3n) is 6.60. The van der Waals surface area contributed by atoms with Gasteiger partial charge in [0.05, 0.1) is 23.9 Å².